The summed E-state index contributed by atoms with van der Waals surface area (Å²) in [7, 11) is 0. The number of nitrogens with zero attached hydrogens (tertiary/aromatic N) is 2. The number of benzene rings is 2. The number of carbonyl (C=O) groups excluding carboxylic acids is 1. The molecule has 6 heteroatoms. The molecule has 1 aromatic heterocycles. The summed E-state index contributed by atoms with van der Waals surface area (Å²) in [4.78, 5) is 21.1. The molecule has 3 aromatic rings. The molecule has 0 fully saturated rings. The van der Waals surface area contributed by atoms with Gasteiger partial charge in [0, 0.05) is 23.5 Å². The lowest BCUT2D eigenvalue weighted by Crippen LogP contribution is -2.24. The maximum absolute atomic E-state index is 12.5. The molecule has 0 radical (unpaired) electrons. The number of anilines is 2. The topological polar surface area (TPSA) is 66.9 Å². The number of nitrogens with one attached hydrogen (secondary N) is 2. The zero-order valence-corrected chi connectivity index (χ0v) is 16.9. The Bertz CT molecular complexity index is 982. The maximum Gasteiger partial charge on any atom is 0.270 e. The molecule has 1 amide bonds. The molecule has 1 heterocycles. The zero-order valence-electron chi connectivity index (χ0n) is 16.2. The van der Waals surface area contributed by atoms with E-state index in [9.17, 15) is 4.79 Å². The normalized spacial score (nSPS) is 11.1. The van der Waals surface area contributed by atoms with Gasteiger partial charge >= 0.3 is 0 Å². The van der Waals surface area contributed by atoms with Gasteiger partial charge in [0.2, 0.25) is 5.95 Å². The number of para-hydroxylation sites is 1. The maximum atomic E-state index is 12.5. The Morgan fingerprint density at radius 1 is 1.04 bits per heavy atom. The van der Waals surface area contributed by atoms with Crippen LogP contribution in [0.3, 0.4) is 0 Å². The van der Waals surface area contributed by atoms with Crippen LogP contribution in [-0.4, -0.2) is 15.9 Å². The Morgan fingerprint density at radius 2 is 1.75 bits per heavy atom. The summed E-state index contributed by atoms with van der Waals surface area (Å²) in [6.07, 6.45) is 1.57. The Morgan fingerprint density at radius 3 is 2.50 bits per heavy atom. The highest BCUT2D eigenvalue weighted by Gasteiger charge is 2.18. The van der Waals surface area contributed by atoms with Gasteiger partial charge in [0.1, 0.15) is 5.69 Å². The van der Waals surface area contributed by atoms with E-state index < -0.39 is 0 Å². The van der Waals surface area contributed by atoms with Crippen LogP contribution in [0.5, 0.6) is 0 Å². The average Bonchev–Trinajstić information content (AvgIpc) is 2.67. The van der Waals surface area contributed by atoms with Gasteiger partial charge in [-0.25, -0.2) is 9.97 Å². The summed E-state index contributed by atoms with van der Waals surface area (Å²) in [5.74, 6) is 0.0940. The van der Waals surface area contributed by atoms with Crippen molar-refractivity contribution in [2.24, 2.45) is 0 Å². The van der Waals surface area contributed by atoms with Crippen molar-refractivity contribution in [1.29, 1.82) is 0 Å². The highest BCUT2D eigenvalue weighted by molar-refractivity contribution is 6.31. The molecule has 28 heavy (non-hydrogen) atoms. The summed E-state index contributed by atoms with van der Waals surface area (Å²) in [6, 6.07) is 17.0. The fourth-order valence-electron chi connectivity index (χ4n) is 2.82. The molecule has 0 bridgehead atoms. The molecule has 2 N–H and O–H groups in total. The van der Waals surface area contributed by atoms with Crippen LogP contribution in [-0.2, 0) is 12.0 Å². The first-order chi connectivity index (χ1) is 13.3. The quantitative estimate of drug-likeness (QED) is 0.631. The Labute approximate surface area is 170 Å². The molecule has 0 aliphatic heterocycles. The average molecular weight is 395 g/mol. The molecule has 0 saturated heterocycles. The summed E-state index contributed by atoms with van der Waals surface area (Å²) in [6.45, 7) is 6.77. The van der Waals surface area contributed by atoms with Crippen molar-refractivity contribution >= 4 is 29.1 Å². The van der Waals surface area contributed by atoms with Crippen molar-refractivity contribution in [2.45, 2.75) is 32.7 Å². The molecule has 0 spiro atoms. The van der Waals surface area contributed by atoms with E-state index in [1.54, 1.807) is 18.3 Å². The van der Waals surface area contributed by atoms with Gasteiger partial charge in [0.15, 0.2) is 0 Å². The van der Waals surface area contributed by atoms with E-state index in [4.69, 9.17) is 11.6 Å². The first kappa shape index (κ1) is 19.8. The van der Waals surface area contributed by atoms with Gasteiger partial charge in [-0.15, -0.1) is 0 Å². The molecule has 0 unspecified atom stereocenters. The predicted molar refractivity (Wildman–Crippen MR) is 113 cm³/mol. The van der Waals surface area contributed by atoms with Crippen molar-refractivity contribution in [2.75, 3.05) is 5.32 Å². The van der Waals surface area contributed by atoms with Gasteiger partial charge < -0.3 is 10.6 Å². The van der Waals surface area contributed by atoms with Gasteiger partial charge in [-0.3, -0.25) is 4.79 Å². The van der Waals surface area contributed by atoms with Crippen LogP contribution in [0.25, 0.3) is 0 Å². The monoisotopic (exact) mass is 394 g/mol. The molecule has 0 atom stereocenters. The molecule has 2 aromatic carbocycles. The number of carbonyl (C=O) groups is 1. The number of amides is 1. The van der Waals surface area contributed by atoms with E-state index in [1.807, 2.05) is 36.4 Å². The third-order valence-electron chi connectivity index (χ3n) is 4.27. The van der Waals surface area contributed by atoms with Crippen LogP contribution < -0.4 is 10.6 Å². The molecule has 5 nitrogen and oxygen atoms in total. The van der Waals surface area contributed by atoms with Crippen LogP contribution in [0.15, 0.2) is 60.8 Å². The molecule has 0 aliphatic rings. The van der Waals surface area contributed by atoms with E-state index in [-0.39, 0.29) is 17.0 Å². The number of hydrogen-bond donors (Lipinski definition) is 2. The highest BCUT2D eigenvalue weighted by Crippen LogP contribution is 2.30. The van der Waals surface area contributed by atoms with Crippen molar-refractivity contribution in [3.05, 3.63) is 82.6 Å². The third-order valence-corrected chi connectivity index (χ3v) is 4.64. The number of rotatable bonds is 5. The number of halogens is 1. The van der Waals surface area contributed by atoms with Crippen molar-refractivity contribution in [3.8, 4) is 0 Å². The summed E-state index contributed by atoms with van der Waals surface area (Å²) in [5, 5.41) is 6.69. The Hall–Kier alpha value is -2.92. The van der Waals surface area contributed by atoms with Gasteiger partial charge in [-0.05, 0) is 34.7 Å². The lowest BCUT2D eigenvalue weighted by Gasteiger charge is -2.23. The Balaban J connectivity index is 1.74. The van der Waals surface area contributed by atoms with Crippen LogP contribution >= 0.6 is 11.6 Å². The zero-order chi connectivity index (χ0) is 20.1. The van der Waals surface area contributed by atoms with E-state index in [1.165, 1.54) is 0 Å². The van der Waals surface area contributed by atoms with Gasteiger partial charge in [-0.1, -0.05) is 68.8 Å². The minimum atomic E-state index is -0.283. The van der Waals surface area contributed by atoms with E-state index in [2.05, 4.69) is 47.4 Å². The van der Waals surface area contributed by atoms with Crippen LogP contribution in [0, 0.1) is 0 Å². The lowest BCUT2D eigenvalue weighted by atomic mass is 9.86. The second-order valence-corrected chi connectivity index (χ2v) is 7.87. The SMILES string of the molecule is CC(C)(C)c1ccccc1Nc1nccc(C(=O)NCc2ccccc2Cl)n1. The van der Waals surface area contributed by atoms with Crippen LogP contribution in [0.1, 0.15) is 42.4 Å². The molecule has 0 aliphatic carbocycles. The van der Waals surface area contributed by atoms with Gasteiger partial charge in [0.05, 0.1) is 0 Å². The third kappa shape index (κ3) is 4.87. The highest BCUT2D eigenvalue weighted by atomic mass is 35.5. The molecular weight excluding hydrogens is 372 g/mol. The number of hydrogen-bond acceptors (Lipinski definition) is 4. The summed E-state index contributed by atoms with van der Waals surface area (Å²) < 4.78 is 0. The smallest absolute Gasteiger partial charge is 0.270 e. The van der Waals surface area contributed by atoms with Gasteiger partial charge in [0.25, 0.3) is 5.91 Å². The number of aromatic nitrogens is 2. The minimum absolute atomic E-state index is 0.0342. The predicted octanol–water partition coefficient (Wildman–Crippen LogP) is 5.10. The van der Waals surface area contributed by atoms with E-state index in [0.717, 1.165) is 16.8 Å². The Kier molecular flexibility index (Phi) is 5.95. The standard InChI is InChI=1S/C22H23ClN4O/c1-22(2,3)16-9-5-7-11-18(16)26-21-24-13-12-19(27-21)20(28)25-14-15-8-4-6-10-17(15)23/h4-13H,14H2,1-3H3,(H,25,28)(H,24,26,27). The first-order valence-corrected chi connectivity index (χ1v) is 9.43. The van der Waals surface area contributed by atoms with E-state index in [0.29, 0.717) is 17.5 Å². The summed E-state index contributed by atoms with van der Waals surface area (Å²) in [5.41, 5.74) is 3.17. The summed E-state index contributed by atoms with van der Waals surface area (Å²) >= 11 is 6.13. The molecular formula is C22H23ClN4O. The first-order valence-electron chi connectivity index (χ1n) is 9.06. The largest absolute Gasteiger partial charge is 0.347 e. The second-order valence-electron chi connectivity index (χ2n) is 7.46. The van der Waals surface area contributed by atoms with Crippen molar-refractivity contribution in [3.63, 3.8) is 0 Å². The minimum Gasteiger partial charge on any atom is -0.347 e. The van der Waals surface area contributed by atoms with E-state index >= 15 is 0 Å². The molecule has 0 saturated carbocycles. The fourth-order valence-corrected chi connectivity index (χ4v) is 3.02. The van der Waals surface area contributed by atoms with Crippen molar-refractivity contribution in [1.82, 2.24) is 15.3 Å². The molecule has 3 rings (SSSR count). The molecule has 144 valence electrons. The van der Waals surface area contributed by atoms with Crippen LogP contribution in [0.4, 0.5) is 11.6 Å². The lowest BCUT2D eigenvalue weighted by molar-refractivity contribution is 0.0946. The fraction of sp³-hybridized carbons (Fsp3) is 0.227. The van der Waals surface area contributed by atoms with Gasteiger partial charge in [-0.2, -0.15) is 0 Å². The van der Waals surface area contributed by atoms with Crippen molar-refractivity contribution < 1.29 is 4.79 Å². The van der Waals surface area contributed by atoms with Crippen LogP contribution in [0.2, 0.25) is 5.02 Å². The second kappa shape index (κ2) is 8.40.